The maximum absolute atomic E-state index is 7.95. The van der Waals surface area contributed by atoms with Gasteiger partial charge in [0.05, 0.1) is 14.2 Å². The number of ether oxygens (including phenoxy) is 2. The summed E-state index contributed by atoms with van der Waals surface area (Å²) in [5.74, 6) is 1.49. The molecular formula is C14H15N3O2. The highest BCUT2D eigenvalue weighted by molar-refractivity contribution is 6.04. The van der Waals surface area contributed by atoms with E-state index in [-0.39, 0.29) is 5.84 Å². The lowest BCUT2D eigenvalue weighted by atomic mass is 10.2. The lowest BCUT2D eigenvalue weighted by molar-refractivity contribution is 0.355. The third-order valence-electron chi connectivity index (χ3n) is 2.57. The Kier molecular flexibility index (Phi) is 3.97. The average Bonchev–Trinajstić information content (AvgIpc) is 2.48. The molecule has 0 saturated heterocycles. The Bertz CT molecular complexity index is 570. The van der Waals surface area contributed by atoms with Crippen LogP contribution >= 0.6 is 0 Å². The van der Waals surface area contributed by atoms with E-state index in [4.69, 9.17) is 14.9 Å². The first kappa shape index (κ1) is 12.9. The van der Waals surface area contributed by atoms with Gasteiger partial charge in [-0.15, -0.1) is 0 Å². The first-order valence-corrected chi connectivity index (χ1v) is 5.73. The monoisotopic (exact) mass is 257 g/mol. The number of methoxy groups -OCH3 is 2. The molecule has 5 heteroatoms. The fourth-order valence-electron chi connectivity index (χ4n) is 1.63. The number of hydrogen-bond acceptors (Lipinski definition) is 4. The molecule has 0 aliphatic heterocycles. The Morgan fingerprint density at radius 2 is 1.89 bits per heavy atom. The zero-order valence-electron chi connectivity index (χ0n) is 10.8. The minimum absolute atomic E-state index is 0.229. The summed E-state index contributed by atoms with van der Waals surface area (Å²) in [6, 6.07) is 10.8. The molecule has 0 fully saturated rings. The van der Waals surface area contributed by atoms with Crippen molar-refractivity contribution in [2.45, 2.75) is 0 Å². The molecule has 1 heterocycles. The molecule has 0 aliphatic rings. The second-order valence-corrected chi connectivity index (χ2v) is 3.78. The molecule has 1 aromatic heterocycles. The predicted octanol–water partition coefficient (Wildman–Crippen LogP) is 2.54. The van der Waals surface area contributed by atoms with Crippen molar-refractivity contribution < 1.29 is 9.47 Å². The van der Waals surface area contributed by atoms with Gasteiger partial charge in [-0.05, 0) is 24.3 Å². The smallest absolute Gasteiger partial charge is 0.162 e. The summed E-state index contributed by atoms with van der Waals surface area (Å²) >= 11 is 0. The molecule has 2 N–H and O–H groups in total. The number of rotatable bonds is 4. The lowest BCUT2D eigenvalue weighted by Gasteiger charge is -2.11. The highest BCUT2D eigenvalue weighted by Gasteiger charge is 2.07. The van der Waals surface area contributed by atoms with Gasteiger partial charge in [-0.1, -0.05) is 6.07 Å². The van der Waals surface area contributed by atoms with Crippen LogP contribution in [0.5, 0.6) is 11.5 Å². The molecule has 0 saturated carbocycles. The minimum Gasteiger partial charge on any atom is -0.493 e. The Balaban J connectivity index is 2.18. The summed E-state index contributed by atoms with van der Waals surface area (Å²) in [4.78, 5) is 4.11. The van der Waals surface area contributed by atoms with Crippen LogP contribution in [0.15, 0.2) is 42.6 Å². The van der Waals surface area contributed by atoms with Crippen LogP contribution in [0.2, 0.25) is 0 Å². The summed E-state index contributed by atoms with van der Waals surface area (Å²) in [6.07, 6.45) is 1.65. The van der Waals surface area contributed by atoms with Crippen molar-refractivity contribution in [1.82, 2.24) is 4.98 Å². The van der Waals surface area contributed by atoms with E-state index in [2.05, 4.69) is 10.3 Å². The van der Waals surface area contributed by atoms with Crippen LogP contribution in [0.1, 0.15) is 5.69 Å². The largest absolute Gasteiger partial charge is 0.493 e. The highest BCUT2D eigenvalue weighted by Crippen LogP contribution is 2.29. The van der Waals surface area contributed by atoms with Crippen molar-refractivity contribution in [3.05, 3.63) is 48.3 Å². The lowest BCUT2D eigenvalue weighted by Crippen LogP contribution is -2.13. The Morgan fingerprint density at radius 3 is 2.53 bits per heavy atom. The number of anilines is 1. The molecule has 1 aromatic carbocycles. The third kappa shape index (κ3) is 3.01. The van der Waals surface area contributed by atoms with Gasteiger partial charge in [0.15, 0.2) is 11.5 Å². The summed E-state index contributed by atoms with van der Waals surface area (Å²) in [6.45, 7) is 0. The number of pyridine rings is 1. The Hall–Kier alpha value is -2.56. The van der Waals surface area contributed by atoms with Gasteiger partial charge < -0.3 is 14.8 Å². The van der Waals surface area contributed by atoms with Crippen molar-refractivity contribution in [2.24, 2.45) is 0 Å². The zero-order valence-corrected chi connectivity index (χ0v) is 10.8. The zero-order chi connectivity index (χ0) is 13.7. The highest BCUT2D eigenvalue weighted by atomic mass is 16.5. The molecule has 0 unspecified atom stereocenters. The molecule has 98 valence electrons. The molecule has 19 heavy (non-hydrogen) atoms. The Morgan fingerprint density at radius 1 is 1.11 bits per heavy atom. The number of amidine groups is 1. The molecule has 0 aliphatic carbocycles. The van der Waals surface area contributed by atoms with E-state index in [0.29, 0.717) is 17.2 Å². The van der Waals surface area contributed by atoms with Gasteiger partial charge in [0, 0.05) is 18.0 Å². The van der Waals surface area contributed by atoms with E-state index in [1.54, 1.807) is 38.6 Å². The quantitative estimate of drug-likeness (QED) is 0.652. The van der Waals surface area contributed by atoms with E-state index >= 15 is 0 Å². The van der Waals surface area contributed by atoms with E-state index in [1.807, 2.05) is 18.2 Å². The molecule has 0 bridgehead atoms. The number of aromatic nitrogens is 1. The van der Waals surface area contributed by atoms with Crippen molar-refractivity contribution in [1.29, 1.82) is 5.41 Å². The van der Waals surface area contributed by atoms with Gasteiger partial charge in [-0.2, -0.15) is 0 Å². The SMILES string of the molecule is COc1ccc(NC(=N)c2ccccn2)cc1OC. The van der Waals surface area contributed by atoms with Gasteiger partial charge in [0.25, 0.3) is 0 Å². The summed E-state index contributed by atoms with van der Waals surface area (Å²) < 4.78 is 10.4. The van der Waals surface area contributed by atoms with Gasteiger partial charge in [0.2, 0.25) is 0 Å². The number of nitrogens with one attached hydrogen (secondary N) is 2. The molecule has 2 aromatic rings. The van der Waals surface area contributed by atoms with Crippen LogP contribution in [-0.2, 0) is 0 Å². The second-order valence-electron chi connectivity index (χ2n) is 3.78. The first-order chi connectivity index (χ1) is 9.24. The number of benzene rings is 1. The summed E-state index contributed by atoms with van der Waals surface area (Å²) in [5.41, 5.74) is 1.32. The van der Waals surface area contributed by atoms with Crippen LogP contribution in [-0.4, -0.2) is 25.0 Å². The summed E-state index contributed by atoms with van der Waals surface area (Å²) in [7, 11) is 3.16. The molecule has 0 radical (unpaired) electrons. The van der Waals surface area contributed by atoms with Crippen LogP contribution in [0.25, 0.3) is 0 Å². The molecule has 5 nitrogen and oxygen atoms in total. The third-order valence-corrected chi connectivity index (χ3v) is 2.57. The summed E-state index contributed by atoms with van der Waals surface area (Å²) in [5, 5.41) is 10.9. The van der Waals surface area contributed by atoms with Crippen molar-refractivity contribution >= 4 is 11.5 Å². The van der Waals surface area contributed by atoms with Crippen molar-refractivity contribution in [2.75, 3.05) is 19.5 Å². The normalized spacial score (nSPS) is 9.79. The first-order valence-electron chi connectivity index (χ1n) is 5.73. The number of hydrogen-bond donors (Lipinski definition) is 2. The maximum atomic E-state index is 7.95. The van der Waals surface area contributed by atoms with Gasteiger partial charge >= 0.3 is 0 Å². The molecule has 0 amide bonds. The number of nitrogens with zero attached hydrogens (tertiary/aromatic N) is 1. The van der Waals surface area contributed by atoms with Gasteiger partial charge in [-0.3, -0.25) is 10.4 Å². The molecule has 0 spiro atoms. The van der Waals surface area contributed by atoms with Crippen LogP contribution < -0.4 is 14.8 Å². The van der Waals surface area contributed by atoms with E-state index in [1.165, 1.54) is 0 Å². The molecule has 0 atom stereocenters. The van der Waals surface area contributed by atoms with Gasteiger partial charge in [-0.25, -0.2) is 0 Å². The topological polar surface area (TPSA) is 67.2 Å². The minimum atomic E-state index is 0.229. The van der Waals surface area contributed by atoms with E-state index in [9.17, 15) is 0 Å². The van der Waals surface area contributed by atoms with Crippen LogP contribution in [0.4, 0.5) is 5.69 Å². The fraction of sp³-hybridized carbons (Fsp3) is 0.143. The predicted molar refractivity (Wildman–Crippen MR) is 74.2 cm³/mol. The molecular weight excluding hydrogens is 242 g/mol. The van der Waals surface area contributed by atoms with Crippen LogP contribution in [0, 0.1) is 5.41 Å². The molecule has 2 rings (SSSR count). The van der Waals surface area contributed by atoms with Crippen molar-refractivity contribution in [3.63, 3.8) is 0 Å². The van der Waals surface area contributed by atoms with Crippen molar-refractivity contribution in [3.8, 4) is 11.5 Å². The van der Waals surface area contributed by atoms with E-state index < -0.39 is 0 Å². The average molecular weight is 257 g/mol. The van der Waals surface area contributed by atoms with Crippen LogP contribution in [0.3, 0.4) is 0 Å². The standard InChI is InChI=1S/C14H15N3O2/c1-18-12-7-6-10(9-13(12)19-2)17-14(15)11-5-3-4-8-16-11/h3-9H,1-2H3,(H2,15,17). The fourth-order valence-corrected chi connectivity index (χ4v) is 1.63. The van der Waals surface area contributed by atoms with Gasteiger partial charge in [0.1, 0.15) is 11.5 Å². The maximum Gasteiger partial charge on any atom is 0.162 e. The Labute approximate surface area is 111 Å². The van der Waals surface area contributed by atoms with E-state index in [0.717, 1.165) is 5.69 Å². The second kappa shape index (κ2) is 5.86.